The van der Waals surface area contributed by atoms with Gasteiger partial charge in [0.05, 0.1) is 5.54 Å². The van der Waals surface area contributed by atoms with Crippen molar-refractivity contribution < 1.29 is 0 Å². The Morgan fingerprint density at radius 2 is 0.822 bits per heavy atom. The van der Waals surface area contributed by atoms with E-state index in [1.165, 1.54) is 101 Å². The van der Waals surface area contributed by atoms with E-state index in [4.69, 9.17) is 0 Å². The topological polar surface area (TPSA) is 9.72 Å². The molecule has 0 bridgehead atoms. The molecule has 8 aromatic carbocycles. The summed E-state index contributed by atoms with van der Waals surface area (Å²) in [6, 6.07) is 67.9. The van der Waals surface area contributed by atoms with E-state index in [9.17, 15) is 0 Å². The van der Waals surface area contributed by atoms with Gasteiger partial charge in [-0.25, -0.2) is 0 Å². The second-order valence-electron chi connectivity index (χ2n) is 26.3. The van der Waals surface area contributed by atoms with Gasteiger partial charge in [-0.15, -0.1) is 0 Å². The number of fused-ring (bicyclic) bond motifs is 7. The van der Waals surface area contributed by atoms with Gasteiger partial charge in [0, 0.05) is 50.9 Å². The maximum Gasteiger partial charge on any atom is 0.252 e. The Morgan fingerprint density at radius 1 is 0.384 bits per heavy atom. The van der Waals surface area contributed by atoms with E-state index < -0.39 is 0 Å². The smallest absolute Gasteiger partial charge is 0.252 e. The third-order valence-corrected chi connectivity index (χ3v) is 17.5. The molecule has 3 heterocycles. The molecule has 12 rings (SSSR count). The van der Waals surface area contributed by atoms with Gasteiger partial charge in [0.15, 0.2) is 0 Å². The molecule has 3 nitrogen and oxygen atoms in total. The van der Waals surface area contributed by atoms with Crippen molar-refractivity contribution in [3.63, 3.8) is 0 Å². The van der Waals surface area contributed by atoms with E-state index in [0.717, 1.165) is 18.5 Å². The minimum atomic E-state index is -0.192. The van der Waals surface area contributed by atoms with Gasteiger partial charge in [0.25, 0.3) is 6.71 Å². The molecule has 0 N–H and O–H groups in total. The van der Waals surface area contributed by atoms with Crippen LogP contribution >= 0.6 is 0 Å². The van der Waals surface area contributed by atoms with Gasteiger partial charge < -0.3 is 14.7 Å². The summed E-state index contributed by atoms with van der Waals surface area (Å²) in [7, 11) is 0. The van der Waals surface area contributed by atoms with E-state index in [1.807, 2.05) is 0 Å². The second kappa shape index (κ2) is 16.1. The Morgan fingerprint density at radius 3 is 1.37 bits per heavy atom. The monoisotopic (exact) mass is 954 g/mol. The van der Waals surface area contributed by atoms with Crippen molar-refractivity contribution in [1.82, 2.24) is 0 Å². The van der Waals surface area contributed by atoms with E-state index in [1.54, 1.807) is 0 Å². The number of hydrogen-bond donors (Lipinski definition) is 0. The Hall–Kier alpha value is -6.78. The van der Waals surface area contributed by atoms with Crippen LogP contribution in [0, 0.1) is 5.41 Å². The first-order chi connectivity index (χ1) is 34.5. The maximum absolute atomic E-state index is 2.80. The molecular formula is C69H72BN3. The molecule has 1 fully saturated rings. The summed E-state index contributed by atoms with van der Waals surface area (Å²) < 4.78 is 0. The van der Waals surface area contributed by atoms with Crippen LogP contribution in [0.3, 0.4) is 0 Å². The lowest BCUT2D eigenvalue weighted by Crippen LogP contribution is -2.61. The van der Waals surface area contributed by atoms with Crippen LogP contribution in [-0.4, -0.2) is 12.3 Å². The van der Waals surface area contributed by atoms with Crippen LogP contribution in [0.4, 0.5) is 45.5 Å². The summed E-state index contributed by atoms with van der Waals surface area (Å²) in [6.07, 6.45) is 2.21. The van der Waals surface area contributed by atoms with E-state index >= 15 is 0 Å². The SMILES string of the molecule is CC1(C)CC2(C)c3cc(C(C)(C)C)ccc3N(c3cc4c5c(c3)N(c3ccc(C(C)(C)C)cc3)c3ccc(C(C)(C)C)cc3B5c3cc(-c5ccccc5)ccc3N4c3ccc(-c4ccccc4)cc3)C2(C)C1. The summed E-state index contributed by atoms with van der Waals surface area (Å²) in [4.78, 5) is 8.03. The highest BCUT2D eigenvalue weighted by molar-refractivity contribution is 7.00. The average molecular weight is 954 g/mol. The van der Waals surface area contributed by atoms with Gasteiger partial charge >= 0.3 is 0 Å². The van der Waals surface area contributed by atoms with Gasteiger partial charge in [-0.2, -0.15) is 0 Å². The molecule has 2 unspecified atom stereocenters. The van der Waals surface area contributed by atoms with Crippen molar-refractivity contribution in [3.05, 3.63) is 198 Å². The number of hydrogen-bond acceptors (Lipinski definition) is 3. The third kappa shape index (κ3) is 7.44. The fourth-order valence-corrected chi connectivity index (χ4v) is 13.9. The molecule has 0 aromatic heterocycles. The fraction of sp³-hybridized carbons (Fsp3) is 0.304. The zero-order valence-corrected chi connectivity index (χ0v) is 45.6. The Kier molecular flexibility index (Phi) is 10.4. The van der Waals surface area contributed by atoms with E-state index in [-0.39, 0.29) is 39.3 Å². The van der Waals surface area contributed by atoms with Crippen LogP contribution in [0.5, 0.6) is 0 Å². The molecular weight excluding hydrogens is 882 g/mol. The van der Waals surface area contributed by atoms with E-state index in [0.29, 0.717) is 0 Å². The molecule has 4 aliphatic rings. The van der Waals surface area contributed by atoms with E-state index in [2.05, 4.69) is 281 Å². The van der Waals surface area contributed by atoms with Crippen LogP contribution in [0.2, 0.25) is 0 Å². The van der Waals surface area contributed by atoms with Gasteiger partial charge in [0.1, 0.15) is 0 Å². The maximum atomic E-state index is 2.80. The summed E-state index contributed by atoms with van der Waals surface area (Å²) in [5.74, 6) is 0. The zero-order chi connectivity index (χ0) is 51.2. The van der Waals surface area contributed by atoms with Crippen molar-refractivity contribution in [1.29, 1.82) is 0 Å². The Balaban J connectivity index is 1.19. The first kappa shape index (κ1) is 47.2. The van der Waals surface area contributed by atoms with Crippen LogP contribution in [-0.2, 0) is 21.7 Å². The summed E-state index contributed by atoms with van der Waals surface area (Å²) in [5, 5.41) is 0. The first-order valence-corrected chi connectivity index (χ1v) is 26.9. The predicted octanol–water partition coefficient (Wildman–Crippen LogP) is 17.0. The third-order valence-electron chi connectivity index (χ3n) is 17.5. The molecule has 3 aliphatic heterocycles. The molecule has 2 atom stereocenters. The van der Waals surface area contributed by atoms with Crippen molar-refractivity contribution >= 4 is 68.6 Å². The number of nitrogens with zero attached hydrogens (tertiary/aromatic N) is 3. The highest BCUT2D eigenvalue weighted by atomic mass is 15.3. The molecule has 0 radical (unpaired) electrons. The Bertz CT molecular complexity index is 3460. The highest BCUT2D eigenvalue weighted by Crippen LogP contribution is 2.67. The average Bonchev–Trinajstić information content (AvgIpc) is 3.66. The lowest BCUT2D eigenvalue weighted by atomic mass is 9.33. The predicted molar refractivity (Wildman–Crippen MR) is 315 cm³/mol. The van der Waals surface area contributed by atoms with Crippen LogP contribution in [0.1, 0.15) is 125 Å². The molecule has 1 aliphatic carbocycles. The molecule has 0 saturated heterocycles. The lowest BCUT2D eigenvalue weighted by molar-refractivity contribution is 0.330. The van der Waals surface area contributed by atoms with Crippen molar-refractivity contribution in [3.8, 4) is 22.3 Å². The highest BCUT2D eigenvalue weighted by Gasteiger charge is 2.64. The quantitative estimate of drug-likeness (QED) is 0.159. The van der Waals surface area contributed by atoms with Gasteiger partial charge in [-0.3, -0.25) is 0 Å². The van der Waals surface area contributed by atoms with Crippen molar-refractivity contribution in [2.45, 2.75) is 130 Å². The fourth-order valence-electron chi connectivity index (χ4n) is 13.9. The summed E-state index contributed by atoms with van der Waals surface area (Å²) >= 11 is 0. The van der Waals surface area contributed by atoms with Crippen LogP contribution in [0.15, 0.2) is 176 Å². The van der Waals surface area contributed by atoms with Crippen LogP contribution < -0.4 is 31.1 Å². The molecule has 366 valence electrons. The number of benzene rings is 8. The first-order valence-electron chi connectivity index (χ1n) is 26.9. The normalized spacial score (nSPS) is 19.6. The van der Waals surface area contributed by atoms with Crippen LogP contribution in [0.25, 0.3) is 22.3 Å². The zero-order valence-electron chi connectivity index (χ0n) is 45.6. The van der Waals surface area contributed by atoms with Gasteiger partial charge in [-0.1, -0.05) is 204 Å². The second-order valence-corrected chi connectivity index (χ2v) is 26.3. The van der Waals surface area contributed by atoms with Gasteiger partial charge in [0.2, 0.25) is 0 Å². The number of rotatable bonds is 5. The minimum Gasteiger partial charge on any atom is -0.334 e. The molecule has 0 spiro atoms. The summed E-state index contributed by atoms with van der Waals surface area (Å²) in [6.45, 7) is 31.2. The van der Waals surface area contributed by atoms with Gasteiger partial charge in [-0.05, 0) is 157 Å². The summed E-state index contributed by atoms with van der Waals surface area (Å²) in [5.41, 5.74) is 24.2. The molecule has 1 saturated carbocycles. The molecule has 8 aromatic rings. The molecule has 4 heteroatoms. The number of anilines is 8. The Labute approximate surface area is 437 Å². The van der Waals surface area contributed by atoms with Crippen molar-refractivity contribution in [2.75, 3.05) is 14.7 Å². The molecule has 73 heavy (non-hydrogen) atoms. The lowest BCUT2D eigenvalue weighted by Gasteiger charge is -2.47. The largest absolute Gasteiger partial charge is 0.334 e. The minimum absolute atomic E-state index is 0.0218. The molecule has 0 amide bonds. The van der Waals surface area contributed by atoms with Crippen molar-refractivity contribution in [2.24, 2.45) is 5.41 Å². The standard InChI is InChI=1S/C69H72BN3/c1-64(2,3)49-27-33-53(34-28-49)72-60-37-30-51(66(7,8)9)40-57(60)70-56-38-48(46-22-18-15-19-23-46)26-35-59(56)71(52-31-24-47(25-32-52)45-20-16-14-17-21-45)61-41-54(42-62(72)63(61)70)73-58-36-29-50(65(4,5)6)39-55(58)68(12)43-67(10,11)44-69(68,73)13/h14-42H,43-44H2,1-13H3.